The highest BCUT2D eigenvalue weighted by molar-refractivity contribution is 6.31. The predicted octanol–water partition coefficient (Wildman–Crippen LogP) is 4.13. The van der Waals surface area contributed by atoms with Crippen molar-refractivity contribution in [2.75, 3.05) is 4.90 Å². The quantitative estimate of drug-likeness (QED) is 0.570. The molecule has 4 atom stereocenters. The maximum Gasteiger partial charge on any atom is 0.238 e. The number of benzene rings is 1. The number of anilines is 1. The predicted molar refractivity (Wildman–Crippen MR) is 92.5 cm³/mol. The minimum absolute atomic E-state index is 0.0554. The van der Waals surface area contributed by atoms with Crippen molar-refractivity contribution in [3.8, 4) is 0 Å². The Morgan fingerprint density at radius 3 is 2.17 bits per heavy atom. The maximum atomic E-state index is 13.1. The fourth-order valence-electron chi connectivity index (χ4n) is 5.19. The van der Waals surface area contributed by atoms with Gasteiger partial charge in [-0.1, -0.05) is 41.0 Å². The lowest BCUT2D eigenvalue weighted by Gasteiger charge is -2.20. The van der Waals surface area contributed by atoms with Crippen LogP contribution in [0.2, 0.25) is 5.02 Å². The smallest absolute Gasteiger partial charge is 0.238 e. The summed E-state index contributed by atoms with van der Waals surface area (Å²) in [6, 6.07) is 7.02. The van der Waals surface area contributed by atoms with Crippen molar-refractivity contribution in [2.24, 2.45) is 23.7 Å². The summed E-state index contributed by atoms with van der Waals surface area (Å²) in [5, 5.41) is 0.542. The SMILES string of the molecule is O=C1[C@@H]2[C@@H](C(=O)N1c1cccc(Cl)c1)[C@@H]1C=C[C@@H]2C1=C1CCCC1. The minimum Gasteiger partial charge on any atom is -0.274 e. The normalized spacial score (nSPS) is 34.0. The van der Waals surface area contributed by atoms with E-state index in [1.54, 1.807) is 24.3 Å². The summed E-state index contributed by atoms with van der Waals surface area (Å²) >= 11 is 6.05. The van der Waals surface area contributed by atoms with Crippen LogP contribution in [0.5, 0.6) is 0 Å². The number of nitrogens with zero attached hydrogens (tertiary/aromatic N) is 1. The Bertz CT molecular complexity index is 783. The molecular weight excluding hydrogens is 322 g/mol. The van der Waals surface area contributed by atoms with Gasteiger partial charge >= 0.3 is 0 Å². The third-order valence-corrected chi connectivity index (χ3v) is 6.33. The molecule has 4 aliphatic rings. The summed E-state index contributed by atoms with van der Waals surface area (Å²) in [7, 11) is 0. The van der Waals surface area contributed by atoms with Gasteiger partial charge in [0.15, 0.2) is 0 Å². The summed E-state index contributed by atoms with van der Waals surface area (Å²) in [4.78, 5) is 27.5. The largest absolute Gasteiger partial charge is 0.274 e. The third-order valence-electron chi connectivity index (χ3n) is 6.10. The van der Waals surface area contributed by atoms with Gasteiger partial charge in [-0.2, -0.15) is 0 Å². The highest BCUT2D eigenvalue weighted by atomic mass is 35.5. The Labute approximate surface area is 146 Å². The van der Waals surface area contributed by atoms with E-state index in [9.17, 15) is 9.59 Å². The van der Waals surface area contributed by atoms with E-state index in [4.69, 9.17) is 11.6 Å². The van der Waals surface area contributed by atoms with Crippen LogP contribution < -0.4 is 4.90 Å². The fourth-order valence-corrected chi connectivity index (χ4v) is 5.38. The molecule has 0 N–H and O–H groups in total. The summed E-state index contributed by atoms with van der Waals surface area (Å²) in [5.74, 6) is -0.271. The molecule has 1 heterocycles. The second-order valence-electron chi connectivity index (χ2n) is 7.25. The molecule has 1 aliphatic heterocycles. The number of hydrogen-bond donors (Lipinski definition) is 0. The Hall–Kier alpha value is -1.87. The number of hydrogen-bond acceptors (Lipinski definition) is 2. The number of amides is 2. The van der Waals surface area contributed by atoms with Crippen LogP contribution >= 0.6 is 11.6 Å². The molecule has 4 heteroatoms. The van der Waals surface area contributed by atoms with Crippen molar-refractivity contribution in [2.45, 2.75) is 25.7 Å². The molecule has 5 rings (SSSR count). The first kappa shape index (κ1) is 14.5. The van der Waals surface area contributed by atoms with E-state index in [0.29, 0.717) is 10.7 Å². The number of carbonyl (C=O) groups excluding carboxylic acids is 2. The van der Waals surface area contributed by atoms with Crippen molar-refractivity contribution in [3.63, 3.8) is 0 Å². The summed E-state index contributed by atoms with van der Waals surface area (Å²) < 4.78 is 0. The lowest BCUT2D eigenvalue weighted by Crippen LogP contribution is -2.33. The molecule has 3 aliphatic carbocycles. The van der Waals surface area contributed by atoms with E-state index in [0.717, 1.165) is 12.8 Å². The zero-order valence-corrected chi connectivity index (χ0v) is 14.0. The van der Waals surface area contributed by atoms with Crippen LogP contribution in [0.3, 0.4) is 0 Å². The Morgan fingerprint density at radius 1 is 0.958 bits per heavy atom. The van der Waals surface area contributed by atoms with Crippen LogP contribution in [-0.2, 0) is 9.59 Å². The van der Waals surface area contributed by atoms with Crippen LogP contribution in [0.1, 0.15) is 25.7 Å². The third kappa shape index (κ3) is 1.79. The summed E-state index contributed by atoms with van der Waals surface area (Å²) in [6.07, 6.45) is 9.10. The second kappa shape index (κ2) is 5.06. The van der Waals surface area contributed by atoms with E-state index in [2.05, 4.69) is 12.2 Å². The average Bonchev–Trinajstić information content (AvgIpc) is 3.30. The van der Waals surface area contributed by atoms with Gasteiger partial charge in [-0.05, 0) is 43.9 Å². The first-order valence-electron chi connectivity index (χ1n) is 8.70. The zero-order chi connectivity index (χ0) is 16.4. The molecule has 24 heavy (non-hydrogen) atoms. The molecule has 2 bridgehead atoms. The first-order valence-corrected chi connectivity index (χ1v) is 9.08. The molecule has 0 unspecified atom stereocenters. The summed E-state index contributed by atoms with van der Waals surface area (Å²) in [5.41, 5.74) is 3.51. The van der Waals surface area contributed by atoms with Crippen molar-refractivity contribution in [1.82, 2.24) is 0 Å². The molecule has 2 amide bonds. The van der Waals surface area contributed by atoms with Crippen molar-refractivity contribution >= 4 is 29.1 Å². The van der Waals surface area contributed by atoms with Crippen LogP contribution in [0.4, 0.5) is 5.69 Å². The van der Waals surface area contributed by atoms with Gasteiger partial charge in [0.25, 0.3) is 0 Å². The lowest BCUT2D eigenvalue weighted by atomic mass is 9.85. The highest BCUT2D eigenvalue weighted by Gasteiger charge is 2.62. The van der Waals surface area contributed by atoms with Crippen LogP contribution in [0, 0.1) is 23.7 Å². The standard InChI is InChI=1S/C20H18ClNO2/c21-12-6-3-7-13(10-12)22-19(23)17-14-8-9-15(18(17)20(22)24)16(14)11-4-1-2-5-11/h3,6-10,14-15,17-18H,1-2,4-5H2/t14-,15-,17+,18+/m1/s1. The number of halogens is 1. The molecular formula is C20H18ClNO2. The number of carbonyl (C=O) groups is 2. The summed E-state index contributed by atoms with van der Waals surface area (Å²) in [6.45, 7) is 0. The topological polar surface area (TPSA) is 37.4 Å². The van der Waals surface area contributed by atoms with Crippen LogP contribution in [0.15, 0.2) is 47.6 Å². The average molecular weight is 340 g/mol. The van der Waals surface area contributed by atoms with Gasteiger partial charge < -0.3 is 0 Å². The van der Waals surface area contributed by atoms with Crippen molar-refractivity contribution in [1.29, 1.82) is 0 Å². The molecule has 122 valence electrons. The van der Waals surface area contributed by atoms with Crippen molar-refractivity contribution < 1.29 is 9.59 Å². The second-order valence-corrected chi connectivity index (χ2v) is 7.68. The molecule has 2 saturated carbocycles. The zero-order valence-electron chi connectivity index (χ0n) is 13.2. The molecule has 0 radical (unpaired) electrons. The molecule has 0 spiro atoms. The van der Waals surface area contributed by atoms with Gasteiger partial charge in [-0.25, -0.2) is 4.90 Å². The molecule has 1 aromatic rings. The molecule has 0 aromatic heterocycles. The fraction of sp³-hybridized carbons (Fsp3) is 0.400. The molecule has 3 fully saturated rings. The Morgan fingerprint density at radius 2 is 1.58 bits per heavy atom. The van der Waals surface area contributed by atoms with E-state index in [1.807, 2.05) is 0 Å². The molecule has 1 saturated heterocycles. The van der Waals surface area contributed by atoms with E-state index in [-0.39, 0.29) is 35.5 Å². The monoisotopic (exact) mass is 339 g/mol. The van der Waals surface area contributed by atoms with E-state index < -0.39 is 0 Å². The first-order chi connectivity index (χ1) is 11.7. The Balaban J connectivity index is 1.56. The number of rotatable bonds is 1. The van der Waals surface area contributed by atoms with Gasteiger partial charge in [0.05, 0.1) is 17.5 Å². The van der Waals surface area contributed by atoms with E-state index >= 15 is 0 Å². The number of imide groups is 1. The molecule has 3 nitrogen and oxygen atoms in total. The van der Waals surface area contributed by atoms with Gasteiger partial charge in [0.2, 0.25) is 11.8 Å². The lowest BCUT2D eigenvalue weighted by molar-refractivity contribution is -0.122. The van der Waals surface area contributed by atoms with E-state index in [1.165, 1.54) is 28.9 Å². The highest BCUT2D eigenvalue weighted by Crippen LogP contribution is 2.58. The van der Waals surface area contributed by atoms with Crippen LogP contribution in [0.25, 0.3) is 0 Å². The maximum absolute atomic E-state index is 13.1. The molecule has 1 aromatic carbocycles. The number of fused-ring (bicyclic) bond motifs is 5. The van der Waals surface area contributed by atoms with Gasteiger partial charge in [-0.15, -0.1) is 0 Å². The van der Waals surface area contributed by atoms with Crippen LogP contribution in [-0.4, -0.2) is 11.8 Å². The Kier molecular flexibility index (Phi) is 3.05. The van der Waals surface area contributed by atoms with Gasteiger partial charge in [-0.3, -0.25) is 9.59 Å². The van der Waals surface area contributed by atoms with Gasteiger partial charge in [0.1, 0.15) is 0 Å². The van der Waals surface area contributed by atoms with Crippen molar-refractivity contribution in [3.05, 3.63) is 52.6 Å². The van der Waals surface area contributed by atoms with Gasteiger partial charge in [0, 0.05) is 16.9 Å². The minimum atomic E-state index is -0.213. The number of allylic oxidation sites excluding steroid dienone is 4.